The lowest BCUT2D eigenvalue weighted by atomic mass is 9.66. The average Bonchev–Trinajstić information content (AvgIpc) is 2.45. The Morgan fingerprint density at radius 3 is 1.93 bits per heavy atom. The quantitative estimate of drug-likeness (QED) is 0.708. The molecule has 0 amide bonds. The van der Waals surface area contributed by atoms with Crippen LogP contribution in [0.5, 0.6) is 0 Å². The van der Waals surface area contributed by atoms with Gasteiger partial charge in [-0.2, -0.15) is 0 Å². The van der Waals surface area contributed by atoms with Crippen molar-refractivity contribution in [3.8, 4) is 0 Å². The lowest BCUT2D eigenvalue weighted by molar-refractivity contribution is -0.0974. The first kappa shape index (κ1) is 13.0. The molecule has 1 aliphatic carbocycles. The standard InChI is InChI=1S/C13H27NO/c1-12(2,10-14)13(3,15)11-8-6-4-5-7-9-11/h11,15H,4-10,14H2,1-3H3. The average molecular weight is 213 g/mol. The van der Waals surface area contributed by atoms with Crippen LogP contribution in [-0.2, 0) is 0 Å². The fourth-order valence-electron chi connectivity index (χ4n) is 2.60. The minimum absolute atomic E-state index is 0.179. The van der Waals surface area contributed by atoms with Gasteiger partial charge in [0.25, 0.3) is 0 Å². The Bertz CT molecular complexity index is 191. The van der Waals surface area contributed by atoms with E-state index in [-0.39, 0.29) is 5.41 Å². The Morgan fingerprint density at radius 2 is 1.53 bits per heavy atom. The van der Waals surface area contributed by atoms with Crippen LogP contribution < -0.4 is 5.73 Å². The molecular formula is C13H27NO. The number of nitrogens with two attached hydrogens (primary N) is 1. The molecule has 90 valence electrons. The first-order valence-electron chi connectivity index (χ1n) is 6.34. The predicted molar refractivity (Wildman–Crippen MR) is 64.7 cm³/mol. The minimum Gasteiger partial charge on any atom is -0.389 e. The van der Waals surface area contributed by atoms with Gasteiger partial charge in [-0.1, -0.05) is 39.5 Å². The Hall–Kier alpha value is -0.0800. The van der Waals surface area contributed by atoms with Gasteiger partial charge in [0.05, 0.1) is 5.60 Å². The highest BCUT2D eigenvalue weighted by Gasteiger charge is 2.44. The van der Waals surface area contributed by atoms with Gasteiger partial charge in [0.15, 0.2) is 0 Å². The van der Waals surface area contributed by atoms with E-state index in [1.54, 1.807) is 0 Å². The summed E-state index contributed by atoms with van der Waals surface area (Å²) in [7, 11) is 0. The van der Waals surface area contributed by atoms with Gasteiger partial charge >= 0.3 is 0 Å². The number of hydrogen-bond donors (Lipinski definition) is 2. The van der Waals surface area contributed by atoms with E-state index in [1.165, 1.54) is 25.7 Å². The predicted octanol–water partition coefficient (Wildman–Crippen LogP) is 2.69. The van der Waals surface area contributed by atoms with Crippen LogP contribution in [0.2, 0.25) is 0 Å². The topological polar surface area (TPSA) is 46.2 Å². The molecular weight excluding hydrogens is 186 g/mol. The molecule has 0 aromatic heterocycles. The van der Waals surface area contributed by atoms with Gasteiger partial charge in [0.1, 0.15) is 0 Å². The Kier molecular flexibility index (Phi) is 4.19. The number of rotatable bonds is 3. The Labute approximate surface area is 94.2 Å². The van der Waals surface area contributed by atoms with Crippen molar-refractivity contribution in [3.05, 3.63) is 0 Å². The molecule has 0 spiro atoms. The minimum atomic E-state index is -0.619. The summed E-state index contributed by atoms with van der Waals surface area (Å²) >= 11 is 0. The summed E-state index contributed by atoms with van der Waals surface area (Å²) in [5, 5.41) is 10.7. The van der Waals surface area contributed by atoms with E-state index >= 15 is 0 Å². The van der Waals surface area contributed by atoms with E-state index in [4.69, 9.17) is 5.73 Å². The summed E-state index contributed by atoms with van der Waals surface area (Å²) in [6.07, 6.45) is 7.51. The van der Waals surface area contributed by atoms with Gasteiger partial charge in [-0.25, -0.2) is 0 Å². The zero-order chi connectivity index (χ0) is 11.5. The van der Waals surface area contributed by atoms with Crippen LogP contribution in [0.1, 0.15) is 59.3 Å². The summed E-state index contributed by atoms with van der Waals surface area (Å²) < 4.78 is 0. The fraction of sp³-hybridized carbons (Fsp3) is 1.00. The van der Waals surface area contributed by atoms with Gasteiger partial charge in [0, 0.05) is 12.0 Å². The van der Waals surface area contributed by atoms with E-state index in [1.807, 2.05) is 6.92 Å². The molecule has 2 heteroatoms. The molecule has 0 aromatic carbocycles. The molecule has 0 saturated heterocycles. The van der Waals surface area contributed by atoms with Gasteiger partial charge in [0.2, 0.25) is 0 Å². The summed E-state index contributed by atoms with van der Waals surface area (Å²) in [5.41, 5.74) is 4.98. The summed E-state index contributed by atoms with van der Waals surface area (Å²) in [4.78, 5) is 0. The van der Waals surface area contributed by atoms with Gasteiger partial charge < -0.3 is 10.8 Å². The molecule has 0 aromatic rings. The Morgan fingerprint density at radius 1 is 1.07 bits per heavy atom. The molecule has 2 nitrogen and oxygen atoms in total. The molecule has 3 N–H and O–H groups in total. The summed E-state index contributed by atoms with van der Waals surface area (Å²) in [6.45, 7) is 6.70. The maximum atomic E-state index is 10.7. The van der Waals surface area contributed by atoms with E-state index in [0.717, 1.165) is 12.8 Å². The smallest absolute Gasteiger partial charge is 0.0710 e. The van der Waals surface area contributed by atoms with Crippen molar-refractivity contribution in [1.29, 1.82) is 0 Å². The van der Waals surface area contributed by atoms with E-state index in [2.05, 4.69) is 13.8 Å². The van der Waals surface area contributed by atoms with Crippen LogP contribution in [0.25, 0.3) is 0 Å². The highest BCUT2D eigenvalue weighted by Crippen LogP contribution is 2.41. The van der Waals surface area contributed by atoms with Gasteiger partial charge in [-0.3, -0.25) is 0 Å². The van der Waals surface area contributed by atoms with E-state index in [0.29, 0.717) is 12.5 Å². The fourth-order valence-corrected chi connectivity index (χ4v) is 2.60. The van der Waals surface area contributed by atoms with Crippen LogP contribution in [0.4, 0.5) is 0 Å². The van der Waals surface area contributed by atoms with Crippen LogP contribution in [-0.4, -0.2) is 17.3 Å². The zero-order valence-corrected chi connectivity index (χ0v) is 10.6. The van der Waals surface area contributed by atoms with Crippen molar-refractivity contribution in [2.24, 2.45) is 17.1 Å². The molecule has 0 bridgehead atoms. The van der Waals surface area contributed by atoms with Crippen molar-refractivity contribution in [3.63, 3.8) is 0 Å². The van der Waals surface area contributed by atoms with Crippen LogP contribution in [0, 0.1) is 11.3 Å². The molecule has 1 saturated carbocycles. The maximum absolute atomic E-state index is 10.7. The highest BCUT2D eigenvalue weighted by molar-refractivity contribution is 4.95. The second-order valence-electron chi connectivity index (χ2n) is 5.92. The van der Waals surface area contributed by atoms with Crippen LogP contribution >= 0.6 is 0 Å². The molecule has 1 aliphatic rings. The highest BCUT2D eigenvalue weighted by atomic mass is 16.3. The van der Waals surface area contributed by atoms with Crippen molar-refractivity contribution in [2.75, 3.05) is 6.54 Å². The lowest BCUT2D eigenvalue weighted by Gasteiger charge is -2.45. The Balaban J connectivity index is 2.73. The number of aliphatic hydroxyl groups is 1. The van der Waals surface area contributed by atoms with E-state index < -0.39 is 5.60 Å². The first-order chi connectivity index (χ1) is 6.92. The van der Waals surface area contributed by atoms with Crippen molar-refractivity contribution >= 4 is 0 Å². The monoisotopic (exact) mass is 213 g/mol. The second-order valence-corrected chi connectivity index (χ2v) is 5.92. The third-order valence-electron chi connectivity index (χ3n) is 4.53. The van der Waals surface area contributed by atoms with Crippen molar-refractivity contribution in [2.45, 2.75) is 64.9 Å². The molecule has 1 fully saturated rings. The molecule has 0 aliphatic heterocycles. The summed E-state index contributed by atoms with van der Waals surface area (Å²) in [5.74, 6) is 0.429. The molecule has 1 atom stereocenters. The van der Waals surface area contributed by atoms with Gasteiger partial charge in [-0.15, -0.1) is 0 Å². The first-order valence-corrected chi connectivity index (χ1v) is 6.34. The van der Waals surface area contributed by atoms with Crippen LogP contribution in [0.3, 0.4) is 0 Å². The van der Waals surface area contributed by atoms with Crippen LogP contribution in [0.15, 0.2) is 0 Å². The molecule has 1 rings (SSSR count). The van der Waals surface area contributed by atoms with Crippen molar-refractivity contribution in [1.82, 2.24) is 0 Å². The van der Waals surface area contributed by atoms with Crippen molar-refractivity contribution < 1.29 is 5.11 Å². The molecule has 0 radical (unpaired) electrons. The lowest BCUT2D eigenvalue weighted by Crippen LogP contribution is -2.51. The SMILES string of the molecule is CC(C)(CN)C(C)(O)C1CCCCCC1. The molecule has 1 unspecified atom stereocenters. The molecule has 15 heavy (non-hydrogen) atoms. The third-order valence-corrected chi connectivity index (χ3v) is 4.53. The normalized spacial score (nSPS) is 24.6. The zero-order valence-electron chi connectivity index (χ0n) is 10.6. The maximum Gasteiger partial charge on any atom is 0.0710 e. The van der Waals surface area contributed by atoms with E-state index in [9.17, 15) is 5.11 Å². The third kappa shape index (κ3) is 2.73. The summed E-state index contributed by atoms with van der Waals surface area (Å²) in [6, 6.07) is 0. The van der Waals surface area contributed by atoms with Gasteiger partial charge in [-0.05, 0) is 25.7 Å². The largest absolute Gasteiger partial charge is 0.389 e. The second kappa shape index (κ2) is 4.84. The molecule has 0 heterocycles. The number of hydrogen-bond acceptors (Lipinski definition) is 2.